The van der Waals surface area contributed by atoms with E-state index >= 15 is 0 Å². The van der Waals surface area contributed by atoms with E-state index in [1.807, 2.05) is 6.92 Å². The van der Waals surface area contributed by atoms with Gasteiger partial charge in [-0.15, -0.1) is 0 Å². The molecule has 0 bridgehead atoms. The van der Waals surface area contributed by atoms with Gasteiger partial charge in [-0.2, -0.15) is 0 Å². The number of carbonyl (C=O) groups is 1. The fraction of sp³-hybridized carbons (Fsp3) is 0.143. The number of fused-ring (bicyclic) bond motifs is 1. The first-order valence-electron chi connectivity index (χ1n) is 5.86. The van der Waals surface area contributed by atoms with Crippen LogP contribution in [0.5, 0.6) is 0 Å². The molecule has 0 fully saturated rings. The topological polar surface area (TPSA) is 68.3 Å². The number of furan rings is 1. The first kappa shape index (κ1) is 11.5. The Morgan fingerprint density at radius 1 is 1.26 bits per heavy atom. The number of hydrogen-bond acceptors (Lipinski definition) is 4. The van der Waals surface area contributed by atoms with Gasteiger partial charge in [-0.1, -0.05) is 0 Å². The lowest BCUT2D eigenvalue weighted by Gasteiger charge is -2.03. The second kappa shape index (κ2) is 4.28. The molecule has 0 radical (unpaired) electrons. The molecule has 0 saturated heterocycles. The molecule has 5 nitrogen and oxygen atoms in total. The number of rotatable bonds is 2. The van der Waals surface area contributed by atoms with Crippen LogP contribution in [0.4, 0.5) is 5.69 Å². The number of aryl methyl sites for hydroxylation is 2. The minimum Gasteiger partial charge on any atom is -0.459 e. The second-order valence-corrected chi connectivity index (χ2v) is 4.30. The number of amides is 1. The molecule has 0 aliphatic rings. The summed E-state index contributed by atoms with van der Waals surface area (Å²) in [5, 5.41) is 2.77. The molecule has 2 aromatic heterocycles. The Bertz CT molecular complexity index is 755. The second-order valence-electron chi connectivity index (χ2n) is 4.30. The van der Waals surface area contributed by atoms with E-state index in [2.05, 4.69) is 10.3 Å². The van der Waals surface area contributed by atoms with Gasteiger partial charge in [0.2, 0.25) is 0 Å². The highest BCUT2D eigenvalue weighted by Crippen LogP contribution is 2.20. The molecular formula is C14H12N2O3. The van der Waals surface area contributed by atoms with Crippen molar-refractivity contribution in [2.24, 2.45) is 0 Å². The molecule has 96 valence electrons. The Hall–Kier alpha value is -2.56. The Morgan fingerprint density at radius 3 is 2.84 bits per heavy atom. The number of benzene rings is 1. The van der Waals surface area contributed by atoms with Gasteiger partial charge in [0.15, 0.2) is 17.2 Å². The smallest absolute Gasteiger partial charge is 0.291 e. The van der Waals surface area contributed by atoms with Crippen molar-refractivity contribution in [3.63, 3.8) is 0 Å². The van der Waals surface area contributed by atoms with E-state index in [9.17, 15) is 4.79 Å². The summed E-state index contributed by atoms with van der Waals surface area (Å²) in [4.78, 5) is 16.2. The number of nitrogens with zero attached hydrogens (tertiary/aromatic N) is 1. The van der Waals surface area contributed by atoms with Crippen LogP contribution in [-0.2, 0) is 0 Å². The van der Waals surface area contributed by atoms with Crippen LogP contribution in [-0.4, -0.2) is 10.9 Å². The summed E-state index contributed by atoms with van der Waals surface area (Å²) in [5.41, 5.74) is 2.87. The Kier molecular flexibility index (Phi) is 2.59. The molecule has 1 aromatic carbocycles. The normalized spacial score (nSPS) is 10.8. The molecule has 2 heterocycles. The van der Waals surface area contributed by atoms with E-state index < -0.39 is 0 Å². The molecular weight excluding hydrogens is 244 g/mol. The number of nitrogens with one attached hydrogen (secondary N) is 1. The Labute approximate surface area is 109 Å². The van der Waals surface area contributed by atoms with Crippen molar-refractivity contribution in [1.29, 1.82) is 0 Å². The monoisotopic (exact) mass is 256 g/mol. The molecule has 5 heteroatoms. The summed E-state index contributed by atoms with van der Waals surface area (Å²) in [5.74, 6) is 0.638. The van der Waals surface area contributed by atoms with E-state index in [0.717, 1.165) is 5.56 Å². The quantitative estimate of drug-likeness (QED) is 0.763. The zero-order valence-corrected chi connectivity index (χ0v) is 10.6. The van der Waals surface area contributed by atoms with Gasteiger partial charge in [-0.05, 0) is 31.2 Å². The molecule has 0 spiro atoms. The van der Waals surface area contributed by atoms with Crippen LogP contribution in [0.25, 0.3) is 11.1 Å². The summed E-state index contributed by atoms with van der Waals surface area (Å²) in [6, 6.07) is 7.06. The van der Waals surface area contributed by atoms with Gasteiger partial charge in [0.1, 0.15) is 5.52 Å². The van der Waals surface area contributed by atoms with Crippen molar-refractivity contribution >= 4 is 22.7 Å². The van der Waals surface area contributed by atoms with Crippen molar-refractivity contribution in [3.05, 3.63) is 47.7 Å². The number of anilines is 1. The van der Waals surface area contributed by atoms with Crippen molar-refractivity contribution in [1.82, 2.24) is 4.98 Å². The summed E-state index contributed by atoms with van der Waals surface area (Å²) >= 11 is 0. The summed E-state index contributed by atoms with van der Waals surface area (Å²) in [7, 11) is 0. The van der Waals surface area contributed by atoms with Crippen molar-refractivity contribution in [2.75, 3.05) is 5.32 Å². The molecule has 0 aliphatic carbocycles. The molecule has 0 saturated carbocycles. The van der Waals surface area contributed by atoms with E-state index in [0.29, 0.717) is 28.4 Å². The maximum atomic E-state index is 12.0. The van der Waals surface area contributed by atoms with Crippen LogP contribution in [0.2, 0.25) is 0 Å². The first-order chi connectivity index (χ1) is 9.13. The van der Waals surface area contributed by atoms with Crippen LogP contribution in [0.15, 0.2) is 39.4 Å². The predicted octanol–water partition coefficient (Wildman–Crippen LogP) is 3.29. The molecule has 0 aliphatic heterocycles. The lowest BCUT2D eigenvalue weighted by molar-refractivity contribution is 0.0996. The third-order valence-corrected chi connectivity index (χ3v) is 2.82. The fourth-order valence-corrected chi connectivity index (χ4v) is 1.91. The van der Waals surface area contributed by atoms with E-state index in [4.69, 9.17) is 8.83 Å². The van der Waals surface area contributed by atoms with E-state index in [1.54, 1.807) is 31.2 Å². The zero-order chi connectivity index (χ0) is 13.4. The highest BCUT2D eigenvalue weighted by molar-refractivity contribution is 6.03. The minimum absolute atomic E-state index is 0.276. The lowest BCUT2D eigenvalue weighted by atomic mass is 10.2. The molecule has 0 unspecified atom stereocenters. The van der Waals surface area contributed by atoms with Crippen LogP contribution in [0.3, 0.4) is 0 Å². The van der Waals surface area contributed by atoms with Crippen LogP contribution < -0.4 is 5.32 Å². The average molecular weight is 256 g/mol. The van der Waals surface area contributed by atoms with Gasteiger partial charge in [0.05, 0.1) is 6.26 Å². The van der Waals surface area contributed by atoms with Gasteiger partial charge >= 0.3 is 0 Å². The Morgan fingerprint density at radius 2 is 2.11 bits per heavy atom. The SMILES string of the molecule is Cc1nc2cc(NC(=O)c3occc3C)ccc2o1. The largest absolute Gasteiger partial charge is 0.459 e. The van der Waals surface area contributed by atoms with Gasteiger partial charge in [-0.3, -0.25) is 4.79 Å². The van der Waals surface area contributed by atoms with Gasteiger partial charge < -0.3 is 14.2 Å². The van der Waals surface area contributed by atoms with Crippen molar-refractivity contribution in [3.8, 4) is 0 Å². The fourth-order valence-electron chi connectivity index (χ4n) is 1.91. The van der Waals surface area contributed by atoms with Gasteiger partial charge in [0, 0.05) is 18.2 Å². The standard InChI is InChI=1S/C14H12N2O3/c1-8-5-6-18-13(8)14(17)16-10-3-4-12-11(7-10)15-9(2)19-12/h3-7H,1-2H3,(H,16,17). The first-order valence-corrected chi connectivity index (χ1v) is 5.86. The molecule has 1 N–H and O–H groups in total. The number of hydrogen-bond donors (Lipinski definition) is 1. The minimum atomic E-state index is -0.276. The third kappa shape index (κ3) is 2.10. The average Bonchev–Trinajstić information content (AvgIpc) is 2.93. The van der Waals surface area contributed by atoms with Crippen molar-refractivity contribution < 1.29 is 13.6 Å². The molecule has 3 aromatic rings. The maximum Gasteiger partial charge on any atom is 0.291 e. The van der Waals surface area contributed by atoms with Crippen molar-refractivity contribution in [2.45, 2.75) is 13.8 Å². The number of oxazole rings is 1. The van der Waals surface area contributed by atoms with Crippen LogP contribution >= 0.6 is 0 Å². The highest BCUT2D eigenvalue weighted by Gasteiger charge is 2.13. The lowest BCUT2D eigenvalue weighted by Crippen LogP contribution is -2.11. The predicted molar refractivity (Wildman–Crippen MR) is 70.1 cm³/mol. The Balaban J connectivity index is 1.89. The summed E-state index contributed by atoms with van der Waals surface area (Å²) in [6.07, 6.45) is 1.49. The molecule has 0 atom stereocenters. The van der Waals surface area contributed by atoms with E-state index in [1.165, 1.54) is 6.26 Å². The molecule has 19 heavy (non-hydrogen) atoms. The summed E-state index contributed by atoms with van der Waals surface area (Å²) in [6.45, 7) is 3.60. The van der Waals surface area contributed by atoms with Crippen LogP contribution in [0.1, 0.15) is 22.0 Å². The highest BCUT2D eigenvalue weighted by atomic mass is 16.3. The zero-order valence-electron chi connectivity index (χ0n) is 10.6. The molecule has 3 rings (SSSR count). The van der Waals surface area contributed by atoms with E-state index in [-0.39, 0.29) is 5.91 Å². The van der Waals surface area contributed by atoms with Crippen LogP contribution in [0, 0.1) is 13.8 Å². The third-order valence-electron chi connectivity index (χ3n) is 2.82. The number of aromatic nitrogens is 1. The van der Waals surface area contributed by atoms with Gasteiger partial charge in [-0.25, -0.2) is 4.98 Å². The maximum absolute atomic E-state index is 12.0. The molecule has 1 amide bonds. The summed E-state index contributed by atoms with van der Waals surface area (Å²) < 4.78 is 10.5. The number of carbonyl (C=O) groups excluding carboxylic acids is 1. The van der Waals surface area contributed by atoms with Gasteiger partial charge in [0.25, 0.3) is 5.91 Å².